The van der Waals surface area contributed by atoms with Gasteiger partial charge in [-0.25, -0.2) is 0 Å². The van der Waals surface area contributed by atoms with E-state index in [9.17, 15) is 0 Å². The summed E-state index contributed by atoms with van der Waals surface area (Å²) in [5.41, 5.74) is 0. The molecule has 1 aromatic heterocycles. The van der Waals surface area contributed by atoms with Crippen LogP contribution in [0.1, 0.15) is 11.8 Å². The lowest BCUT2D eigenvalue weighted by Gasteiger charge is -2.29. The van der Waals surface area contributed by atoms with Gasteiger partial charge in [0.1, 0.15) is 0 Å². The Bertz CT molecular complexity index is 294. The minimum absolute atomic E-state index is 0.730. The molecule has 1 aliphatic heterocycles. The van der Waals surface area contributed by atoms with E-state index in [1.807, 2.05) is 11.3 Å². The Morgan fingerprint density at radius 2 is 2.29 bits per heavy atom. The summed E-state index contributed by atoms with van der Waals surface area (Å²) in [5, 5.41) is 9.08. The molecule has 0 aromatic carbocycles. The second-order valence-electron chi connectivity index (χ2n) is 4.87. The molecule has 0 spiro atoms. The van der Waals surface area contributed by atoms with E-state index >= 15 is 0 Å². The highest BCUT2D eigenvalue weighted by atomic mass is 32.1. The highest BCUT2D eigenvalue weighted by Crippen LogP contribution is 2.08. The van der Waals surface area contributed by atoms with Crippen molar-refractivity contribution < 1.29 is 0 Å². The van der Waals surface area contributed by atoms with E-state index in [0.717, 1.165) is 32.1 Å². The van der Waals surface area contributed by atoms with Gasteiger partial charge in [-0.2, -0.15) is 0 Å². The van der Waals surface area contributed by atoms with Gasteiger partial charge in [-0.05, 0) is 23.9 Å². The molecule has 1 aromatic rings. The summed E-state index contributed by atoms with van der Waals surface area (Å²) in [5.74, 6) is 0.730. The fourth-order valence-corrected chi connectivity index (χ4v) is 2.93. The number of hydrogen-bond donors (Lipinski definition) is 2. The van der Waals surface area contributed by atoms with Gasteiger partial charge in [0.25, 0.3) is 0 Å². The number of rotatable bonds is 6. The monoisotopic (exact) mass is 253 g/mol. The third-order valence-electron chi connectivity index (χ3n) is 3.15. The zero-order valence-corrected chi connectivity index (χ0v) is 11.4. The van der Waals surface area contributed by atoms with Crippen LogP contribution >= 0.6 is 11.3 Å². The maximum atomic E-state index is 3.55. The smallest absolute Gasteiger partial charge is 0.0299 e. The van der Waals surface area contributed by atoms with Crippen molar-refractivity contribution in [2.75, 3.05) is 39.3 Å². The normalized spacial score (nSPS) is 19.4. The molecule has 1 fully saturated rings. The van der Waals surface area contributed by atoms with E-state index in [-0.39, 0.29) is 0 Å². The fourth-order valence-electron chi connectivity index (χ4n) is 2.25. The molecule has 1 atom stereocenters. The van der Waals surface area contributed by atoms with E-state index in [4.69, 9.17) is 0 Å². The first-order chi connectivity index (χ1) is 8.34. The van der Waals surface area contributed by atoms with Gasteiger partial charge >= 0.3 is 0 Å². The van der Waals surface area contributed by atoms with Crippen LogP contribution in [0.2, 0.25) is 0 Å². The van der Waals surface area contributed by atoms with Gasteiger partial charge in [0.15, 0.2) is 0 Å². The average molecular weight is 253 g/mol. The minimum atomic E-state index is 0.730. The highest BCUT2D eigenvalue weighted by Gasteiger charge is 2.12. The summed E-state index contributed by atoms with van der Waals surface area (Å²) < 4.78 is 0. The Morgan fingerprint density at radius 3 is 3.00 bits per heavy atom. The lowest BCUT2D eigenvalue weighted by Crippen LogP contribution is -2.45. The number of nitrogens with zero attached hydrogens (tertiary/aromatic N) is 1. The molecule has 96 valence electrons. The first-order valence-corrected chi connectivity index (χ1v) is 7.39. The van der Waals surface area contributed by atoms with Crippen LogP contribution < -0.4 is 10.6 Å². The van der Waals surface area contributed by atoms with Gasteiger partial charge in [0, 0.05) is 44.1 Å². The second-order valence-corrected chi connectivity index (χ2v) is 5.90. The van der Waals surface area contributed by atoms with Crippen LogP contribution in [0, 0.1) is 5.92 Å². The number of nitrogens with one attached hydrogen (secondary N) is 2. The van der Waals surface area contributed by atoms with E-state index in [1.54, 1.807) is 0 Å². The molecular weight excluding hydrogens is 230 g/mol. The standard InChI is InChI=1S/C13H23N3S/c1-12(11-16-6-4-14-5-7-16)9-15-10-13-3-2-8-17-13/h2-3,8,12,14-15H,4-7,9-11H2,1H3. The maximum Gasteiger partial charge on any atom is 0.0299 e. The topological polar surface area (TPSA) is 27.3 Å². The average Bonchev–Trinajstić information content (AvgIpc) is 2.83. The van der Waals surface area contributed by atoms with Crippen LogP contribution in [0.5, 0.6) is 0 Å². The molecule has 0 aliphatic carbocycles. The summed E-state index contributed by atoms with van der Waals surface area (Å²) in [6.07, 6.45) is 0. The molecule has 0 amide bonds. The largest absolute Gasteiger partial charge is 0.314 e. The zero-order valence-electron chi connectivity index (χ0n) is 10.6. The summed E-state index contributed by atoms with van der Waals surface area (Å²) in [4.78, 5) is 3.99. The number of hydrogen-bond acceptors (Lipinski definition) is 4. The molecule has 0 bridgehead atoms. The highest BCUT2D eigenvalue weighted by molar-refractivity contribution is 7.09. The number of thiophene rings is 1. The second kappa shape index (κ2) is 7.11. The maximum absolute atomic E-state index is 3.55. The summed E-state index contributed by atoms with van der Waals surface area (Å²) >= 11 is 1.83. The first kappa shape index (κ1) is 13.0. The van der Waals surface area contributed by atoms with Crippen LogP contribution in [-0.2, 0) is 6.54 Å². The molecule has 1 saturated heterocycles. The molecule has 0 radical (unpaired) electrons. The Balaban J connectivity index is 1.58. The van der Waals surface area contributed by atoms with E-state index in [2.05, 4.69) is 40.0 Å². The summed E-state index contributed by atoms with van der Waals surface area (Å²) in [7, 11) is 0. The van der Waals surface area contributed by atoms with Gasteiger partial charge in [-0.15, -0.1) is 11.3 Å². The van der Waals surface area contributed by atoms with Crippen molar-refractivity contribution in [3.05, 3.63) is 22.4 Å². The molecule has 2 rings (SSSR count). The zero-order chi connectivity index (χ0) is 11.9. The van der Waals surface area contributed by atoms with Crippen molar-refractivity contribution in [2.45, 2.75) is 13.5 Å². The number of piperazine rings is 1. The van der Waals surface area contributed by atoms with Crippen LogP contribution in [0.25, 0.3) is 0 Å². The van der Waals surface area contributed by atoms with Crippen molar-refractivity contribution in [2.24, 2.45) is 5.92 Å². The molecule has 0 saturated carbocycles. The molecular formula is C13H23N3S. The SMILES string of the molecule is CC(CNCc1cccs1)CN1CCNCC1. The minimum Gasteiger partial charge on any atom is -0.314 e. The van der Waals surface area contributed by atoms with Crippen molar-refractivity contribution in [3.8, 4) is 0 Å². The molecule has 1 unspecified atom stereocenters. The Hall–Kier alpha value is -0.420. The van der Waals surface area contributed by atoms with Gasteiger partial charge in [-0.3, -0.25) is 0 Å². The quantitative estimate of drug-likeness (QED) is 0.802. The van der Waals surface area contributed by atoms with Crippen molar-refractivity contribution in [1.82, 2.24) is 15.5 Å². The first-order valence-electron chi connectivity index (χ1n) is 6.51. The molecule has 17 heavy (non-hydrogen) atoms. The van der Waals surface area contributed by atoms with E-state index < -0.39 is 0 Å². The van der Waals surface area contributed by atoms with Gasteiger partial charge < -0.3 is 15.5 Å². The van der Waals surface area contributed by atoms with Gasteiger partial charge in [0.2, 0.25) is 0 Å². The predicted octanol–water partition coefficient (Wildman–Crippen LogP) is 1.38. The van der Waals surface area contributed by atoms with Crippen LogP contribution in [0.15, 0.2) is 17.5 Å². The molecule has 2 heterocycles. The van der Waals surface area contributed by atoms with Crippen molar-refractivity contribution in [1.29, 1.82) is 0 Å². The lowest BCUT2D eigenvalue weighted by molar-refractivity contribution is 0.209. The molecule has 2 N–H and O–H groups in total. The van der Waals surface area contributed by atoms with Crippen molar-refractivity contribution in [3.63, 3.8) is 0 Å². The van der Waals surface area contributed by atoms with Crippen LogP contribution in [-0.4, -0.2) is 44.2 Å². The summed E-state index contributed by atoms with van der Waals surface area (Å²) in [6, 6.07) is 4.31. The Labute approximate surface area is 108 Å². The summed E-state index contributed by atoms with van der Waals surface area (Å²) in [6.45, 7) is 10.4. The third kappa shape index (κ3) is 4.76. The van der Waals surface area contributed by atoms with Crippen LogP contribution in [0.3, 0.4) is 0 Å². The third-order valence-corrected chi connectivity index (χ3v) is 4.03. The Morgan fingerprint density at radius 1 is 1.47 bits per heavy atom. The van der Waals surface area contributed by atoms with Crippen molar-refractivity contribution >= 4 is 11.3 Å². The van der Waals surface area contributed by atoms with E-state index in [1.165, 1.54) is 24.5 Å². The van der Waals surface area contributed by atoms with Gasteiger partial charge in [-0.1, -0.05) is 13.0 Å². The molecule has 4 heteroatoms. The Kier molecular flexibility index (Phi) is 5.45. The van der Waals surface area contributed by atoms with Crippen LogP contribution in [0.4, 0.5) is 0 Å². The van der Waals surface area contributed by atoms with E-state index in [0.29, 0.717) is 0 Å². The molecule has 1 aliphatic rings. The fraction of sp³-hybridized carbons (Fsp3) is 0.692. The molecule has 3 nitrogen and oxygen atoms in total. The predicted molar refractivity (Wildman–Crippen MR) is 74.5 cm³/mol. The van der Waals surface area contributed by atoms with Gasteiger partial charge in [0.05, 0.1) is 0 Å². The lowest BCUT2D eigenvalue weighted by atomic mass is 10.1.